The minimum absolute atomic E-state index is 0.250. The SMILES string of the molecule is CN(C)C1CCCN(Cc2ccc(F)c(C#CCO)c2)C1. The van der Waals surface area contributed by atoms with Gasteiger partial charge in [-0.2, -0.15) is 0 Å². The molecule has 0 bridgehead atoms. The summed E-state index contributed by atoms with van der Waals surface area (Å²) in [4.78, 5) is 4.68. The number of aliphatic hydroxyl groups excluding tert-OH is 1. The monoisotopic (exact) mass is 290 g/mol. The molecule has 0 aromatic heterocycles. The second kappa shape index (κ2) is 7.56. The van der Waals surface area contributed by atoms with Gasteiger partial charge in [-0.3, -0.25) is 4.90 Å². The third-order valence-electron chi connectivity index (χ3n) is 3.95. The molecular weight excluding hydrogens is 267 g/mol. The summed E-state index contributed by atoms with van der Waals surface area (Å²) in [6.07, 6.45) is 2.43. The average molecular weight is 290 g/mol. The number of benzene rings is 1. The van der Waals surface area contributed by atoms with Crippen molar-refractivity contribution in [1.82, 2.24) is 9.80 Å². The number of rotatable bonds is 3. The molecule has 1 aliphatic rings. The average Bonchev–Trinajstić information content (AvgIpc) is 2.48. The van der Waals surface area contributed by atoms with E-state index in [1.807, 2.05) is 6.07 Å². The first-order valence-corrected chi connectivity index (χ1v) is 7.37. The number of hydrogen-bond acceptors (Lipinski definition) is 3. The summed E-state index contributed by atoms with van der Waals surface area (Å²) in [6.45, 7) is 2.69. The fraction of sp³-hybridized carbons (Fsp3) is 0.529. The lowest BCUT2D eigenvalue weighted by molar-refractivity contribution is 0.128. The van der Waals surface area contributed by atoms with E-state index in [1.54, 1.807) is 6.07 Å². The third-order valence-corrected chi connectivity index (χ3v) is 3.95. The van der Waals surface area contributed by atoms with Gasteiger partial charge in [0.2, 0.25) is 0 Å². The molecule has 0 aliphatic carbocycles. The molecule has 2 rings (SSSR count). The van der Waals surface area contributed by atoms with Gasteiger partial charge in [-0.15, -0.1) is 0 Å². The summed E-state index contributed by atoms with van der Waals surface area (Å²) in [7, 11) is 4.24. The number of halogens is 1. The summed E-state index contributed by atoms with van der Waals surface area (Å²) in [6, 6.07) is 5.66. The lowest BCUT2D eigenvalue weighted by Gasteiger charge is -2.36. The molecule has 21 heavy (non-hydrogen) atoms. The summed E-state index contributed by atoms with van der Waals surface area (Å²) in [5, 5.41) is 8.72. The van der Waals surface area contributed by atoms with Gasteiger partial charge in [0, 0.05) is 19.1 Å². The molecule has 0 saturated carbocycles. The van der Waals surface area contributed by atoms with Gasteiger partial charge in [-0.25, -0.2) is 4.39 Å². The highest BCUT2D eigenvalue weighted by molar-refractivity contribution is 5.38. The van der Waals surface area contributed by atoms with Crippen molar-refractivity contribution in [3.63, 3.8) is 0 Å². The molecule has 1 unspecified atom stereocenters. The van der Waals surface area contributed by atoms with Crippen LogP contribution in [-0.4, -0.2) is 54.7 Å². The van der Waals surface area contributed by atoms with E-state index >= 15 is 0 Å². The normalized spacial score (nSPS) is 19.4. The van der Waals surface area contributed by atoms with E-state index in [0.717, 1.165) is 25.2 Å². The summed E-state index contributed by atoms with van der Waals surface area (Å²) < 4.78 is 13.6. The second-order valence-electron chi connectivity index (χ2n) is 5.77. The number of piperidine rings is 1. The number of hydrogen-bond donors (Lipinski definition) is 1. The topological polar surface area (TPSA) is 26.7 Å². The first-order valence-electron chi connectivity index (χ1n) is 7.37. The Labute approximate surface area is 126 Å². The Balaban J connectivity index is 2.05. The summed E-state index contributed by atoms with van der Waals surface area (Å²) >= 11 is 0. The molecule has 1 aromatic rings. The number of likely N-dealkylation sites (N-methyl/N-ethyl adjacent to an activating group) is 1. The Kier molecular flexibility index (Phi) is 5.75. The van der Waals surface area contributed by atoms with Crippen LogP contribution in [-0.2, 0) is 6.54 Å². The minimum Gasteiger partial charge on any atom is -0.384 e. The molecule has 0 amide bonds. The van der Waals surface area contributed by atoms with Crippen molar-refractivity contribution in [3.8, 4) is 11.8 Å². The Morgan fingerprint density at radius 2 is 2.24 bits per heavy atom. The summed E-state index contributed by atoms with van der Waals surface area (Å²) in [5.74, 6) is 4.84. The van der Waals surface area contributed by atoms with Crippen molar-refractivity contribution in [1.29, 1.82) is 0 Å². The van der Waals surface area contributed by atoms with Crippen molar-refractivity contribution in [2.24, 2.45) is 0 Å². The van der Waals surface area contributed by atoms with E-state index in [2.05, 4.69) is 35.7 Å². The fourth-order valence-electron chi connectivity index (χ4n) is 2.76. The molecule has 0 radical (unpaired) electrons. The van der Waals surface area contributed by atoms with Crippen molar-refractivity contribution < 1.29 is 9.50 Å². The summed E-state index contributed by atoms with van der Waals surface area (Å²) in [5.41, 5.74) is 1.43. The highest BCUT2D eigenvalue weighted by Gasteiger charge is 2.21. The van der Waals surface area contributed by atoms with Crippen molar-refractivity contribution >= 4 is 0 Å². The largest absolute Gasteiger partial charge is 0.384 e. The maximum Gasteiger partial charge on any atom is 0.138 e. The van der Waals surface area contributed by atoms with Crippen LogP contribution in [0.25, 0.3) is 0 Å². The van der Waals surface area contributed by atoms with Gasteiger partial charge < -0.3 is 10.0 Å². The van der Waals surface area contributed by atoms with Crippen LogP contribution < -0.4 is 0 Å². The Morgan fingerprint density at radius 3 is 2.95 bits per heavy atom. The van der Waals surface area contributed by atoms with E-state index in [0.29, 0.717) is 11.6 Å². The highest BCUT2D eigenvalue weighted by atomic mass is 19.1. The lowest BCUT2D eigenvalue weighted by Crippen LogP contribution is -2.44. The van der Waals surface area contributed by atoms with E-state index in [1.165, 1.54) is 18.9 Å². The van der Waals surface area contributed by atoms with Gasteiger partial charge in [-0.1, -0.05) is 17.9 Å². The molecule has 3 nitrogen and oxygen atoms in total. The molecule has 4 heteroatoms. The first-order chi connectivity index (χ1) is 10.1. The van der Waals surface area contributed by atoms with Crippen LogP contribution in [0.2, 0.25) is 0 Å². The standard InChI is InChI=1S/C17H23FN2O/c1-19(2)16-6-3-9-20(13-16)12-14-7-8-17(18)15(11-14)5-4-10-21/h7-8,11,16,21H,3,6,9-10,12-13H2,1-2H3. The zero-order valence-corrected chi connectivity index (χ0v) is 12.8. The van der Waals surface area contributed by atoms with E-state index in [-0.39, 0.29) is 12.4 Å². The predicted octanol–water partition coefficient (Wildman–Crippen LogP) is 1.70. The van der Waals surface area contributed by atoms with Crippen LogP contribution in [0.1, 0.15) is 24.0 Å². The Bertz CT molecular complexity index is 533. The number of likely N-dealkylation sites (tertiary alicyclic amines) is 1. The van der Waals surface area contributed by atoms with Gasteiger partial charge in [0.15, 0.2) is 0 Å². The van der Waals surface area contributed by atoms with Crippen LogP contribution in [0.3, 0.4) is 0 Å². The van der Waals surface area contributed by atoms with Gasteiger partial charge in [0.1, 0.15) is 12.4 Å². The molecule has 1 N–H and O–H groups in total. The maximum absolute atomic E-state index is 13.6. The predicted molar refractivity (Wildman–Crippen MR) is 82.3 cm³/mol. The molecule has 1 aliphatic heterocycles. The van der Waals surface area contributed by atoms with E-state index in [4.69, 9.17) is 5.11 Å². The van der Waals surface area contributed by atoms with Crippen LogP contribution in [0.15, 0.2) is 18.2 Å². The highest BCUT2D eigenvalue weighted by Crippen LogP contribution is 2.17. The van der Waals surface area contributed by atoms with Crippen LogP contribution in [0.4, 0.5) is 4.39 Å². The molecule has 1 atom stereocenters. The zero-order valence-electron chi connectivity index (χ0n) is 12.8. The molecular formula is C17H23FN2O. The fourth-order valence-corrected chi connectivity index (χ4v) is 2.76. The van der Waals surface area contributed by atoms with Crippen LogP contribution in [0, 0.1) is 17.7 Å². The van der Waals surface area contributed by atoms with Crippen molar-refractivity contribution in [2.45, 2.75) is 25.4 Å². The third kappa shape index (κ3) is 4.53. The maximum atomic E-state index is 13.6. The van der Waals surface area contributed by atoms with Gasteiger partial charge in [-0.05, 0) is 51.2 Å². The van der Waals surface area contributed by atoms with Crippen molar-refractivity contribution in [3.05, 3.63) is 35.1 Å². The van der Waals surface area contributed by atoms with Crippen molar-refractivity contribution in [2.75, 3.05) is 33.8 Å². The van der Waals surface area contributed by atoms with Gasteiger partial charge in [0.25, 0.3) is 0 Å². The molecule has 114 valence electrons. The van der Waals surface area contributed by atoms with E-state index < -0.39 is 0 Å². The van der Waals surface area contributed by atoms with Crippen LogP contribution >= 0.6 is 0 Å². The van der Waals surface area contributed by atoms with Gasteiger partial charge >= 0.3 is 0 Å². The number of aliphatic hydroxyl groups is 1. The minimum atomic E-state index is -0.329. The molecule has 1 saturated heterocycles. The smallest absolute Gasteiger partial charge is 0.138 e. The Hall–Kier alpha value is -1.41. The zero-order chi connectivity index (χ0) is 15.2. The molecule has 1 aromatic carbocycles. The Morgan fingerprint density at radius 1 is 1.43 bits per heavy atom. The van der Waals surface area contributed by atoms with Crippen LogP contribution in [0.5, 0.6) is 0 Å². The van der Waals surface area contributed by atoms with E-state index in [9.17, 15) is 4.39 Å². The quantitative estimate of drug-likeness (QED) is 0.858. The van der Waals surface area contributed by atoms with Gasteiger partial charge in [0.05, 0.1) is 5.56 Å². The first kappa shape index (κ1) is 16.0. The lowest BCUT2D eigenvalue weighted by atomic mass is 10.0. The second-order valence-corrected chi connectivity index (χ2v) is 5.77. The molecule has 1 fully saturated rings. The number of nitrogens with zero attached hydrogens (tertiary/aromatic N) is 2. The molecule has 0 spiro atoms. The molecule has 1 heterocycles.